The minimum absolute atomic E-state index is 0.151. The van der Waals surface area contributed by atoms with Crippen LogP contribution < -0.4 is 0 Å². The summed E-state index contributed by atoms with van der Waals surface area (Å²) < 4.78 is 1.09. The molecular formula is C22H14Cl2N2OS. The monoisotopic (exact) mass is 424 g/mol. The molecule has 1 N–H and O–H groups in total. The smallest absolute Gasteiger partial charge is 0.128 e. The molecule has 4 rings (SSSR count). The van der Waals surface area contributed by atoms with E-state index in [9.17, 15) is 5.11 Å². The van der Waals surface area contributed by atoms with Crippen molar-refractivity contribution in [3.05, 3.63) is 82.3 Å². The van der Waals surface area contributed by atoms with Gasteiger partial charge >= 0.3 is 0 Å². The zero-order valence-electron chi connectivity index (χ0n) is 14.5. The molecule has 0 unspecified atom stereocenters. The zero-order valence-corrected chi connectivity index (χ0v) is 16.8. The van der Waals surface area contributed by atoms with Crippen molar-refractivity contribution < 1.29 is 5.11 Å². The first-order chi connectivity index (χ1) is 13.6. The minimum atomic E-state index is 0.151. The van der Waals surface area contributed by atoms with Crippen LogP contribution in [0.4, 0.5) is 5.69 Å². The number of hydrogen-bond donors (Lipinski definition) is 1. The van der Waals surface area contributed by atoms with Crippen LogP contribution in [0.1, 0.15) is 5.56 Å². The molecule has 0 saturated carbocycles. The van der Waals surface area contributed by atoms with Crippen LogP contribution in [0, 0.1) is 0 Å². The van der Waals surface area contributed by atoms with E-state index in [1.807, 2.05) is 48.5 Å². The molecule has 1 heterocycles. The van der Waals surface area contributed by atoms with E-state index in [1.54, 1.807) is 41.8 Å². The van der Waals surface area contributed by atoms with Gasteiger partial charge in [0.15, 0.2) is 0 Å². The van der Waals surface area contributed by atoms with Gasteiger partial charge in [0, 0.05) is 22.3 Å². The molecule has 0 fully saturated rings. The third-order valence-electron chi connectivity index (χ3n) is 4.05. The number of aromatic nitrogens is 1. The lowest BCUT2D eigenvalue weighted by atomic mass is 10.2. The summed E-state index contributed by atoms with van der Waals surface area (Å²) in [4.78, 5) is 8.93. The summed E-state index contributed by atoms with van der Waals surface area (Å²) in [7, 11) is 0. The quantitative estimate of drug-likeness (QED) is 0.347. The number of halogens is 2. The second-order valence-electron chi connectivity index (χ2n) is 5.99. The maximum absolute atomic E-state index is 10.4. The Morgan fingerprint density at radius 2 is 1.86 bits per heavy atom. The first-order valence-corrected chi connectivity index (χ1v) is 10.0. The van der Waals surface area contributed by atoms with E-state index in [1.165, 1.54) is 0 Å². The number of hydrogen-bond acceptors (Lipinski definition) is 4. The summed E-state index contributed by atoms with van der Waals surface area (Å²) in [5.41, 5.74) is 3.12. The number of aliphatic imine (C=N–C) groups is 1. The number of fused-ring (bicyclic) bond motifs is 1. The highest BCUT2D eigenvalue weighted by molar-refractivity contribution is 7.21. The molecule has 0 atom stereocenters. The van der Waals surface area contributed by atoms with Crippen molar-refractivity contribution in [2.75, 3.05) is 0 Å². The van der Waals surface area contributed by atoms with Crippen LogP contribution in [0.5, 0.6) is 5.75 Å². The molecule has 0 aliphatic heterocycles. The average molecular weight is 425 g/mol. The van der Waals surface area contributed by atoms with Crippen molar-refractivity contribution in [3.8, 4) is 16.3 Å². The number of nitrogens with zero attached hydrogens (tertiary/aromatic N) is 2. The van der Waals surface area contributed by atoms with Crippen LogP contribution in [-0.2, 0) is 0 Å². The Morgan fingerprint density at radius 3 is 2.64 bits per heavy atom. The summed E-state index contributed by atoms with van der Waals surface area (Å²) in [6, 6.07) is 18.5. The van der Waals surface area contributed by atoms with Crippen molar-refractivity contribution in [1.29, 1.82) is 0 Å². The van der Waals surface area contributed by atoms with Crippen LogP contribution in [-0.4, -0.2) is 16.3 Å². The van der Waals surface area contributed by atoms with Crippen molar-refractivity contribution in [3.63, 3.8) is 0 Å². The van der Waals surface area contributed by atoms with E-state index in [0.29, 0.717) is 21.3 Å². The standard InChI is InChI=1S/C22H14Cl2N2OS/c23-15-8-7-14(18(24)12-15)4-3-11-25-16-9-10-17(20(27)13-16)22-26-19-5-1-2-6-21(19)28-22/h1-13,27H/b4-3-,25-11?. The lowest BCUT2D eigenvalue weighted by Gasteiger charge is -2.01. The predicted molar refractivity (Wildman–Crippen MR) is 120 cm³/mol. The normalized spacial score (nSPS) is 11.8. The maximum Gasteiger partial charge on any atom is 0.128 e. The van der Waals surface area contributed by atoms with Gasteiger partial charge in [-0.1, -0.05) is 47.5 Å². The Labute approximate surface area is 176 Å². The van der Waals surface area contributed by atoms with Gasteiger partial charge in [-0.15, -0.1) is 11.3 Å². The fourth-order valence-corrected chi connectivity index (χ4v) is 4.15. The topological polar surface area (TPSA) is 45.5 Å². The number of phenolic OH excluding ortho intramolecular Hbond substituents is 1. The summed E-state index contributed by atoms with van der Waals surface area (Å²) in [5, 5.41) is 12.4. The molecule has 0 bridgehead atoms. The fraction of sp³-hybridized carbons (Fsp3) is 0. The van der Waals surface area contributed by atoms with Gasteiger partial charge in [0.1, 0.15) is 10.8 Å². The van der Waals surface area contributed by atoms with Crippen molar-refractivity contribution in [2.45, 2.75) is 0 Å². The molecule has 0 aliphatic carbocycles. The molecule has 138 valence electrons. The Balaban J connectivity index is 1.52. The lowest BCUT2D eigenvalue weighted by molar-refractivity contribution is 0.477. The molecule has 3 aromatic carbocycles. The van der Waals surface area contributed by atoms with Crippen LogP contribution in [0.2, 0.25) is 10.0 Å². The highest BCUT2D eigenvalue weighted by atomic mass is 35.5. The number of benzene rings is 3. The summed E-state index contributed by atoms with van der Waals surface area (Å²) >= 11 is 13.6. The van der Waals surface area contributed by atoms with E-state index in [-0.39, 0.29) is 5.75 Å². The van der Waals surface area contributed by atoms with Crippen molar-refractivity contribution >= 4 is 62.7 Å². The van der Waals surface area contributed by atoms with Gasteiger partial charge in [-0.2, -0.15) is 0 Å². The van der Waals surface area contributed by atoms with E-state index in [0.717, 1.165) is 20.8 Å². The molecule has 1 aromatic heterocycles. The third-order valence-corrected chi connectivity index (χ3v) is 5.69. The van der Waals surface area contributed by atoms with E-state index in [4.69, 9.17) is 23.2 Å². The third kappa shape index (κ3) is 4.09. The molecule has 0 aliphatic rings. The fourth-order valence-electron chi connectivity index (χ4n) is 2.68. The van der Waals surface area contributed by atoms with Crippen LogP contribution in [0.25, 0.3) is 26.9 Å². The van der Waals surface area contributed by atoms with Gasteiger partial charge in [0.05, 0.1) is 21.5 Å². The number of para-hydroxylation sites is 1. The molecule has 0 spiro atoms. The van der Waals surface area contributed by atoms with Gasteiger partial charge in [-0.05, 0) is 48.0 Å². The van der Waals surface area contributed by atoms with Crippen LogP contribution >= 0.6 is 34.5 Å². The maximum atomic E-state index is 10.4. The number of rotatable bonds is 4. The average Bonchev–Trinajstić information content (AvgIpc) is 3.10. The SMILES string of the molecule is Oc1cc(N=C/C=C\c2ccc(Cl)cc2Cl)ccc1-c1nc2ccccc2s1. The Hall–Kier alpha value is -2.66. The number of aromatic hydroxyl groups is 1. The number of phenols is 1. The predicted octanol–water partition coefficient (Wildman–Crippen LogP) is 7.39. The van der Waals surface area contributed by atoms with E-state index < -0.39 is 0 Å². The van der Waals surface area contributed by atoms with Crippen LogP contribution in [0.15, 0.2) is 71.7 Å². The number of allylic oxidation sites excluding steroid dienone is 1. The minimum Gasteiger partial charge on any atom is -0.507 e. The molecule has 4 aromatic rings. The van der Waals surface area contributed by atoms with Crippen LogP contribution in [0.3, 0.4) is 0 Å². The molecule has 28 heavy (non-hydrogen) atoms. The van der Waals surface area contributed by atoms with E-state index in [2.05, 4.69) is 9.98 Å². The molecule has 6 heteroatoms. The second kappa shape index (κ2) is 8.15. The highest BCUT2D eigenvalue weighted by Gasteiger charge is 2.10. The summed E-state index contributed by atoms with van der Waals surface area (Å²) in [6.45, 7) is 0. The number of thiazole rings is 1. The largest absolute Gasteiger partial charge is 0.507 e. The molecule has 3 nitrogen and oxygen atoms in total. The first-order valence-electron chi connectivity index (χ1n) is 8.45. The van der Waals surface area contributed by atoms with E-state index >= 15 is 0 Å². The molecular weight excluding hydrogens is 411 g/mol. The second-order valence-corrected chi connectivity index (χ2v) is 7.87. The zero-order chi connectivity index (χ0) is 19.5. The summed E-state index contributed by atoms with van der Waals surface area (Å²) in [5.74, 6) is 0.151. The van der Waals surface area contributed by atoms with Crippen molar-refractivity contribution in [2.24, 2.45) is 4.99 Å². The molecule has 0 radical (unpaired) electrons. The first kappa shape index (κ1) is 18.7. The summed E-state index contributed by atoms with van der Waals surface area (Å²) in [6.07, 6.45) is 5.28. The van der Waals surface area contributed by atoms with Gasteiger partial charge < -0.3 is 5.11 Å². The van der Waals surface area contributed by atoms with Crippen molar-refractivity contribution in [1.82, 2.24) is 4.98 Å². The van der Waals surface area contributed by atoms with Gasteiger partial charge in [-0.3, -0.25) is 4.99 Å². The Kier molecular flexibility index (Phi) is 5.44. The Morgan fingerprint density at radius 1 is 1.00 bits per heavy atom. The lowest BCUT2D eigenvalue weighted by Crippen LogP contribution is -1.78. The van der Waals surface area contributed by atoms with Gasteiger partial charge in [0.25, 0.3) is 0 Å². The molecule has 0 saturated heterocycles. The molecule has 0 amide bonds. The van der Waals surface area contributed by atoms with Gasteiger partial charge in [-0.25, -0.2) is 4.98 Å². The van der Waals surface area contributed by atoms with Gasteiger partial charge in [0.2, 0.25) is 0 Å². The highest BCUT2D eigenvalue weighted by Crippen LogP contribution is 2.37. The Bertz CT molecular complexity index is 1180.